The monoisotopic (exact) mass is 312 g/mol. The summed E-state index contributed by atoms with van der Waals surface area (Å²) in [7, 11) is 0. The van der Waals surface area contributed by atoms with Crippen molar-refractivity contribution in [1.29, 1.82) is 0 Å². The Bertz CT molecular complexity index is 582. The van der Waals surface area contributed by atoms with Crippen LogP contribution in [-0.2, 0) is 13.1 Å². The van der Waals surface area contributed by atoms with E-state index in [1.165, 1.54) is 24.5 Å². The summed E-state index contributed by atoms with van der Waals surface area (Å²) < 4.78 is 2.31. The van der Waals surface area contributed by atoms with Gasteiger partial charge in [-0.3, -0.25) is 9.80 Å². The fraction of sp³-hybridized carbons (Fsp3) is 0.526. The van der Waals surface area contributed by atoms with Crippen molar-refractivity contribution in [2.45, 2.75) is 32.9 Å². The van der Waals surface area contributed by atoms with Crippen molar-refractivity contribution in [3.05, 3.63) is 54.1 Å². The van der Waals surface area contributed by atoms with Crippen molar-refractivity contribution in [3.63, 3.8) is 0 Å². The first-order valence-electron chi connectivity index (χ1n) is 8.72. The summed E-state index contributed by atoms with van der Waals surface area (Å²) in [5, 5.41) is 0. The molecule has 0 N–H and O–H groups in total. The van der Waals surface area contributed by atoms with Gasteiger partial charge < -0.3 is 4.57 Å². The maximum Gasteiger partial charge on any atom is 0.111 e. The predicted octanol–water partition coefficient (Wildman–Crippen LogP) is 2.82. The van der Waals surface area contributed by atoms with E-state index < -0.39 is 0 Å². The summed E-state index contributed by atoms with van der Waals surface area (Å²) in [5.74, 6) is 1.69. The third kappa shape index (κ3) is 4.43. The quantitative estimate of drug-likeness (QED) is 0.820. The fourth-order valence-electron chi connectivity index (χ4n) is 3.27. The minimum Gasteiger partial charge on any atom is -0.333 e. The van der Waals surface area contributed by atoms with Gasteiger partial charge in [-0.25, -0.2) is 4.98 Å². The van der Waals surface area contributed by atoms with E-state index in [0.29, 0.717) is 5.92 Å². The Morgan fingerprint density at radius 1 is 0.957 bits per heavy atom. The molecule has 0 spiro atoms. The molecule has 0 atom stereocenters. The number of piperazine rings is 1. The van der Waals surface area contributed by atoms with Gasteiger partial charge in [0, 0.05) is 64.1 Å². The van der Waals surface area contributed by atoms with Crippen molar-refractivity contribution in [2.75, 3.05) is 32.7 Å². The van der Waals surface area contributed by atoms with Crippen LogP contribution in [0, 0.1) is 0 Å². The summed E-state index contributed by atoms with van der Waals surface area (Å²) in [5.41, 5.74) is 1.42. The first-order valence-corrected chi connectivity index (χ1v) is 8.72. The summed E-state index contributed by atoms with van der Waals surface area (Å²) in [6, 6.07) is 10.8. The Balaban J connectivity index is 1.43. The molecular weight excluding hydrogens is 284 g/mol. The molecule has 0 saturated carbocycles. The Morgan fingerprint density at radius 3 is 2.35 bits per heavy atom. The van der Waals surface area contributed by atoms with E-state index in [9.17, 15) is 0 Å². The van der Waals surface area contributed by atoms with Crippen LogP contribution in [0.1, 0.15) is 31.2 Å². The van der Waals surface area contributed by atoms with Gasteiger partial charge in [-0.2, -0.15) is 0 Å². The molecule has 1 aliphatic heterocycles. The molecule has 2 heterocycles. The first-order chi connectivity index (χ1) is 11.2. The molecule has 2 aromatic rings. The maximum absolute atomic E-state index is 4.47. The largest absolute Gasteiger partial charge is 0.333 e. The standard InChI is InChI=1S/C19H28N4/c1-17(2)19-20-8-9-23(19)15-14-21-10-12-22(13-11-21)16-18-6-4-3-5-7-18/h3-9,17H,10-16H2,1-2H3. The van der Waals surface area contributed by atoms with Crippen LogP contribution in [0.3, 0.4) is 0 Å². The molecule has 0 bridgehead atoms. The molecule has 3 rings (SSSR count). The minimum absolute atomic E-state index is 0.493. The van der Waals surface area contributed by atoms with Gasteiger partial charge in [0.05, 0.1) is 0 Å². The lowest BCUT2D eigenvalue weighted by molar-refractivity contribution is 0.124. The Kier molecular flexibility index (Phi) is 5.47. The second kappa shape index (κ2) is 7.75. The number of rotatable bonds is 6. The zero-order chi connectivity index (χ0) is 16.1. The highest BCUT2D eigenvalue weighted by atomic mass is 15.3. The van der Waals surface area contributed by atoms with E-state index in [1.807, 2.05) is 6.20 Å². The lowest BCUT2D eigenvalue weighted by atomic mass is 10.2. The molecule has 4 heteroatoms. The van der Waals surface area contributed by atoms with Crippen LogP contribution in [0.25, 0.3) is 0 Å². The minimum atomic E-state index is 0.493. The Morgan fingerprint density at radius 2 is 1.65 bits per heavy atom. The summed E-state index contributed by atoms with van der Waals surface area (Å²) >= 11 is 0. The second-order valence-electron chi connectivity index (χ2n) is 6.74. The van der Waals surface area contributed by atoms with Crippen molar-refractivity contribution in [1.82, 2.24) is 19.4 Å². The third-order valence-electron chi connectivity index (χ3n) is 4.64. The zero-order valence-corrected chi connectivity index (χ0v) is 14.4. The number of hydrogen-bond acceptors (Lipinski definition) is 3. The predicted molar refractivity (Wildman–Crippen MR) is 94.5 cm³/mol. The average Bonchev–Trinajstić information content (AvgIpc) is 3.04. The van der Waals surface area contributed by atoms with Crippen molar-refractivity contribution in [3.8, 4) is 0 Å². The molecular formula is C19H28N4. The molecule has 4 nitrogen and oxygen atoms in total. The smallest absolute Gasteiger partial charge is 0.111 e. The van der Waals surface area contributed by atoms with Gasteiger partial charge in [0.25, 0.3) is 0 Å². The van der Waals surface area contributed by atoms with E-state index in [0.717, 1.165) is 32.7 Å². The van der Waals surface area contributed by atoms with Gasteiger partial charge >= 0.3 is 0 Å². The molecule has 0 aliphatic carbocycles. The van der Waals surface area contributed by atoms with Crippen LogP contribution >= 0.6 is 0 Å². The maximum atomic E-state index is 4.47. The highest BCUT2D eigenvalue weighted by Gasteiger charge is 2.17. The van der Waals surface area contributed by atoms with Gasteiger partial charge in [-0.05, 0) is 5.56 Å². The normalized spacial score (nSPS) is 17.0. The molecule has 0 amide bonds. The van der Waals surface area contributed by atoms with Crippen LogP contribution < -0.4 is 0 Å². The fourth-order valence-corrected chi connectivity index (χ4v) is 3.27. The number of benzene rings is 1. The lowest BCUT2D eigenvalue weighted by Gasteiger charge is -2.34. The van der Waals surface area contributed by atoms with E-state index in [2.05, 4.69) is 69.7 Å². The van der Waals surface area contributed by atoms with Gasteiger partial charge in [0.2, 0.25) is 0 Å². The van der Waals surface area contributed by atoms with E-state index in [-0.39, 0.29) is 0 Å². The van der Waals surface area contributed by atoms with E-state index >= 15 is 0 Å². The van der Waals surface area contributed by atoms with Gasteiger partial charge in [0.1, 0.15) is 5.82 Å². The van der Waals surface area contributed by atoms with E-state index in [4.69, 9.17) is 0 Å². The molecule has 1 aromatic carbocycles. The number of imidazole rings is 1. The van der Waals surface area contributed by atoms with Crippen molar-refractivity contribution < 1.29 is 0 Å². The highest BCUT2D eigenvalue weighted by molar-refractivity contribution is 5.14. The number of hydrogen-bond donors (Lipinski definition) is 0. The molecule has 0 unspecified atom stereocenters. The molecule has 23 heavy (non-hydrogen) atoms. The molecule has 1 aliphatic rings. The van der Waals surface area contributed by atoms with Gasteiger partial charge in [0.15, 0.2) is 0 Å². The molecule has 1 fully saturated rings. The number of aromatic nitrogens is 2. The summed E-state index contributed by atoms with van der Waals surface area (Å²) in [6.45, 7) is 12.3. The van der Waals surface area contributed by atoms with Crippen LogP contribution in [-0.4, -0.2) is 52.1 Å². The SMILES string of the molecule is CC(C)c1nccn1CCN1CCN(Cc2ccccc2)CC1. The Hall–Kier alpha value is -1.65. The van der Waals surface area contributed by atoms with Crippen LogP contribution in [0.5, 0.6) is 0 Å². The lowest BCUT2D eigenvalue weighted by Crippen LogP contribution is -2.46. The summed E-state index contributed by atoms with van der Waals surface area (Å²) in [4.78, 5) is 9.61. The Labute approximate surface area is 139 Å². The molecule has 1 saturated heterocycles. The van der Waals surface area contributed by atoms with Crippen molar-refractivity contribution in [2.24, 2.45) is 0 Å². The summed E-state index contributed by atoms with van der Waals surface area (Å²) in [6.07, 6.45) is 4.04. The molecule has 0 radical (unpaired) electrons. The van der Waals surface area contributed by atoms with Gasteiger partial charge in [-0.15, -0.1) is 0 Å². The van der Waals surface area contributed by atoms with Gasteiger partial charge in [-0.1, -0.05) is 44.2 Å². The van der Waals surface area contributed by atoms with Crippen LogP contribution in [0.2, 0.25) is 0 Å². The number of nitrogens with zero attached hydrogens (tertiary/aromatic N) is 4. The first kappa shape index (κ1) is 16.2. The third-order valence-corrected chi connectivity index (χ3v) is 4.64. The van der Waals surface area contributed by atoms with E-state index in [1.54, 1.807) is 0 Å². The molecule has 1 aromatic heterocycles. The second-order valence-corrected chi connectivity index (χ2v) is 6.74. The topological polar surface area (TPSA) is 24.3 Å². The highest BCUT2D eigenvalue weighted by Crippen LogP contribution is 2.12. The molecule has 124 valence electrons. The van der Waals surface area contributed by atoms with Crippen LogP contribution in [0.15, 0.2) is 42.7 Å². The van der Waals surface area contributed by atoms with Crippen LogP contribution in [0.4, 0.5) is 0 Å². The van der Waals surface area contributed by atoms with Crippen molar-refractivity contribution >= 4 is 0 Å². The average molecular weight is 312 g/mol. The zero-order valence-electron chi connectivity index (χ0n) is 14.4.